The summed E-state index contributed by atoms with van der Waals surface area (Å²) in [5.74, 6) is 0. The number of nitrogens with zero attached hydrogens (tertiary/aromatic N) is 1. The summed E-state index contributed by atoms with van der Waals surface area (Å²) in [7, 11) is 0. The van der Waals surface area contributed by atoms with Gasteiger partial charge >= 0.3 is 6.03 Å². The SMILES string of the molecule is CCN(CC)c1ccc(NC(=O)Nc2c(C)cccc2C)cc1. The van der Waals surface area contributed by atoms with E-state index in [-0.39, 0.29) is 6.03 Å². The van der Waals surface area contributed by atoms with Crippen LogP contribution in [0.2, 0.25) is 0 Å². The summed E-state index contributed by atoms with van der Waals surface area (Å²) in [4.78, 5) is 14.4. The maximum atomic E-state index is 12.2. The van der Waals surface area contributed by atoms with Crippen LogP contribution in [0.3, 0.4) is 0 Å². The molecule has 2 amide bonds. The van der Waals surface area contributed by atoms with Gasteiger partial charge in [-0.3, -0.25) is 0 Å². The topological polar surface area (TPSA) is 44.4 Å². The van der Waals surface area contributed by atoms with Gasteiger partial charge in [0.1, 0.15) is 0 Å². The van der Waals surface area contributed by atoms with Crippen molar-refractivity contribution < 1.29 is 4.79 Å². The fourth-order valence-electron chi connectivity index (χ4n) is 2.63. The molecule has 122 valence electrons. The van der Waals surface area contributed by atoms with Crippen molar-refractivity contribution in [3.63, 3.8) is 0 Å². The highest BCUT2D eigenvalue weighted by Crippen LogP contribution is 2.21. The Bertz CT molecular complexity index is 641. The van der Waals surface area contributed by atoms with Gasteiger partial charge in [0.25, 0.3) is 0 Å². The van der Waals surface area contributed by atoms with Gasteiger partial charge in [0.2, 0.25) is 0 Å². The molecule has 0 aliphatic carbocycles. The number of hydrogen-bond acceptors (Lipinski definition) is 2. The van der Waals surface area contributed by atoms with Crippen LogP contribution in [0.25, 0.3) is 0 Å². The van der Waals surface area contributed by atoms with Gasteiger partial charge < -0.3 is 15.5 Å². The predicted molar refractivity (Wildman–Crippen MR) is 98.6 cm³/mol. The van der Waals surface area contributed by atoms with E-state index in [2.05, 4.69) is 29.4 Å². The summed E-state index contributed by atoms with van der Waals surface area (Å²) in [6.45, 7) is 10.2. The van der Waals surface area contributed by atoms with Gasteiger partial charge in [-0.25, -0.2) is 4.79 Å². The molecule has 0 aromatic heterocycles. The number of urea groups is 1. The first-order chi connectivity index (χ1) is 11.0. The summed E-state index contributed by atoms with van der Waals surface area (Å²) in [6, 6.07) is 13.7. The van der Waals surface area contributed by atoms with E-state index in [0.717, 1.165) is 41.3 Å². The first kappa shape index (κ1) is 16.9. The van der Waals surface area contributed by atoms with E-state index >= 15 is 0 Å². The number of carbonyl (C=O) groups is 1. The molecule has 0 saturated carbocycles. The maximum absolute atomic E-state index is 12.2. The molecule has 2 N–H and O–H groups in total. The normalized spacial score (nSPS) is 10.3. The Labute approximate surface area is 138 Å². The molecule has 0 atom stereocenters. The van der Waals surface area contributed by atoms with Crippen molar-refractivity contribution >= 4 is 23.1 Å². The average Bonchev–Trinajstić information content (AvgIpc) is 2.54. The third kappa shape index (κ3) is 4.25. The molecule has 4 heteroatoms. The molecule has 0 aliphatic heterocycles. The van der Waals surface area contributed by atoms with Crippen LogP contribution in [0.1, 0.15) is 25.0 Å². The maximum Gasteiger partial charge on any atom is 0.323 e. The second kappa shape index (κ2) is 7.68. The zero-order valence-electron chi connectivity index (χ0n) is 14.3. The van der Waals surface area contributed by atoms with Gasteiger partial charge in [0.05, 0.1) is 0 Å². The Kier molecular flexibility index (Phi) is 5.63. The monoisotopic (exact) mass is 311 g/mol. The van der Waals surface area contributed by atoms with E-state index in [4.69, 9.17) is 0 Å². The second-order valence-corrected chi connectivity index (χ2v) is 5.57. The molecule has 0 spiro atoms. The van der Waals surface area contributed by atoms with Crippen molar-refractivity contribution in [3.8, 4) is 0 Å². The molecule has 0 bridgehead atoms. The van der Waals surface area contributed by atoms with E-state index in [1.165, 1.54) is 0 Å². The first-order valence-corrected chi connectivity index (χ1v) is 8.04. The van der Waals surface area contributed by atoms with Crippen molar-refractivity contribution in [1.29, 1.82) is 0 Å². The molecule has 0 radical (unpaired) electrons. The van der Waals surface area contributed by atoms with E-state index in [1.54, 1.807) is 0 Å². The van der Waals surface area contributed by atoms with Crippen molar-refractivity contribution in [2.75, 3.05) is 28.6 Å². The number of amides is 2. The van der Waals surface area contributed by atoms with Crippen LogP contribution in [0.5, 0.6) is 0 Å². The van der Waals surface area contributed by atoms with Gasteiger partial charge in [0.15, 0.2) is 0 Å². The number of carbonyl (C=O) groups excluding carboxylic acids is 1. The molecule has 2 aromatic rings. The Morgan fingerprint density at radius 1 is 0.913 bits per heavy atom. The number of nitrogens with one attached hydrogen (secondary N) is 2. The largest absolute Gasteiger partial charge is 0.372 e. The van der Waals surface area contributed by atoms with Gasteiger partial charge in [-0.15, -0.1) is 0 Å². The number of benzene rings is 2. The minimum absolute atomic E-state index is 0.224. The van der Waals surface area contributed by atoms with Crippen LogP contribution >= 0.6 is 0 Å². The van der Waals surface area contributed by atoms with Gasteiger partial charge in [-0.2, -0.15) is 0 Å². The van der Waals surface area contributed by atoms with Gasteiger partial charge in [-0.05, 0) is 63.1 Å². The minimum Gasteiger partial charge on any atom is -0.372 e. The fourth-order valence-corrected chi connectivity index (χ4v) is 2.63. The highest BCUT2D eigenvalue weighted by Gasteiger charge is 2.08. The molecule has 2 aromatic carbocycles. The van der Waals surface area contributed by atoms with E-state index in [0.29, 0.717) is 0 Å². The Hall–Kier alpha value is -2.49. The second-order valence-electron chi connectivity index (χ2n) is 5.57. The number of anilines is 3. The number of hydrogen-bond donors (Lipinski definition) is 2. The molecule has 2 rings (SSSR count). The minimum atomic E-state index is -0.224. The van der Waals surface area contributed by atoms with E-state index in [1.807, 2.05) is 56.3 Å². The summed E-state index contributed by atoms with van der Waals surface area (Å²) in [5.41, 5.74) is 4.92. The fraction of sp³-hybridized carbons (Fsp3) is 0.316. The summed E-state index contributed by atoms with van der Waals surface area (Å²) in [6.07, 6.45) is 0. The third-order valence-electron chi connectivity index (χ3n) is 3.97. The average molecular weight is 311 g/mol. The summed E-state index contributed by atoms with van der Waals surface area (Å²) < 4.78 is 0. The van der Waals surface area contributed by atoms with Crippen LogP contribution in [-0.4, -0.2) is 19.1 Å². The molecule has 0 unspecified atom stereocenters. The van der Waals surface area contributed by atoms with Gasteiger partial charge in [0, 0.05) is 30.2 Å². The lowest BCUT2D eigenvalue weighted by Gasteiger charge is -2.21. The van der Waals surface area contributed by atoms with E-state index < -0.39 is 0 Å². The highest BCUT2D eigenvalue weighted by molar-refractivity contribution is 6.00. The molecule has 0 saturated heterocycles. The molecule has 0 fully saturated rings. The first-order valence-electron chi connectivity index (χ1n) is 8.04. The Morgan fingerprint density at radius 3 is 2.00 bits per heavy atom. The molecule has 0 heterocycles. The number of para-hydroxylation sites is 1. The van der Waals surface area contributed by atoms with Crippen molar-refractivity contribution in [2.24, 2.45) is 0 Å². The third-order valence-corrected chi connectivity index (χ3v) is 3.97. The van der Waals surface area contributed by atoms with Gasteiger partial charge in [-0.1, -0.05) is 18.2 Å². The van der Waals surface area contributed by atoms with Crippen molar-refractivity contribution in [1.82, 2.24) is 0 Å². The molecule has 4 nitrogen and oxygen atoms in total. The molecule has 0 aliphatic rings. The lowest BCUT2D eigenvalue weighted by atomic mass is 10.1. The summed E-state index contributed by atoms with van der Waals surface area (Å²) in [5, 5.41) is 5.80. The highest BCUT2D eigenvalue weighted by atomic mass is 16.2. The predicted octanol–water partition coefficient (Wildman–Crippen LogP) is 4.79. The zero-order chi connectivity index (χ0) is 16.8. The van der Waals surface area contributed by atoms with Crippen LogP contribution in [-0.2, 0) is 0 Å². The smallest absolute Gasteiger partial charge is 0.323 e. The lowest BCUT2D eigenvalue weighted by Crippen LogP contribution is -2.22. The van der Waals surface area contributed by atoms with E-state index in [9.17, 15) is 4.79 Å². The quantitative estimate of drug-likeness (QED) is 0.833. The van der Waals surface area contributed by atoms with Crippen LogP contribution in [0, 0.1) is 13.8 Å². The number of aryl methyl sites for hydroxylation is 2. The van der Waals surface area contributed by atoms with Crippen molar-refractivity contribution in [2.45, 2.75) is 27.7 Å². The lowest BCUT2D eigenvalue weighted by molar-refractivity contribution is 0.262. The van der Waals surface area contributed by atoms with Crippen molar-refractivity contribution in [3.05, 3.63) is 53.6 Å². The zero-order valence-corrected chi connectivity index (χ0v) is 14.3. The molecular formula is C19H25N3O. The Morgan fingerprint density at radius 2 is 1.48 bits per heavy atom. The van der Waals surface area contributed by atoms with Crippen LogP contribution in [0.15, 0.2) is 42.5 Å². The van der Waals surface area contributed by atoms with Crippen LogP contribution < -0.4 is 15.5 Å². The van der Waals surface area contributed by atoms with Crippen LogP contribution in [0.4, 0.5) is 21.9 Å². The molecule has 23 heavy (non-hydrogen) atoms. The molecular weight excluding hydrogens is 286 g/mol. The summed E-state index contributed by atoms with van der Waals surface area (Å²) >= 11 is 0. The standard InChI is InChI=1S/C19H25N3O/c1-5-22(6-2)17-12-10-16(11-13-17)20-19(23)21-18-14(3)8-7-9-15(18)4/h7-13H,5-6H2,1-4H3,(H2,20,21,23). The number of rotatable bonds is 5. The Balaban J connectivity index is 2.03.